The molecule has 0 fully saturated rings. The number of hydrogen-bond acceptors (Lipinski definition) is 0. The standard InChI is InChI=1S/3C4H10.C3H8.B/c3*1-3-4-2;1-3-2;/h3*3-4H2,1-2H3;3H2,1-2H3;. The van der Waals surface area contributed by atoms with Gasteiger partial charge in [-0.2, -0.15) is 0 Å². The SMILES string of the molecule is CCC.CCCC.CCCC.CCCC.[B]. The predicted molar refractivity (Wildman–Crippen MR) is 83.5 cm³/mol. The van der Waals surface area contributed by atoms with Gasteiger partial charge in [0.05, 0.1) is 0 Å². The summed E-state index contributed by atoms with van der Waals surface area (Å²) >= 11 is 0. The van der Waals surface area contributed by atoms with Gasteiger partial charge in [0.1, 0.15) is 0 Å². The molecule has 0 aromatic carbocycles. The van der Waals surface area contributed by atoms with E-state index in [-0.39, 0.29) is 8.41 Å². The van der Waals surface area contributed by atoms with Crippen LogP contribution in [0, 0.1) is 0 Å². The van der Waals surface area contributed by atoms with E-state index in [1.807, 2.05) is 0 Å². The number of hydrogen-bond donors (Lipinski definition) is 0. The molecule has 0 aliphatic heterocycles. The Morgan fingerprint density at radius 2 is 0.438 bits per heavy atom. The molecule has 0 N–H and O–H groups in total. The highest BCUT2D eigenvalue weighted by molar-refractivity contribution is 5.75. The molecule has 0 aliphatic rings. The van der Waals surface area contributed by atoms with Gasteiger partial charge in [0.25, 0.3) is 0 Å². The lowest BCUT2D eigenvalue weighted by atomic mass is 10.4. The number of rotatable bonds is 3. The maximum absolute atomic E-state index is 2.18. The Hall–Kier alpha value is 0.0649. The van der Waals surface area contributed by atoms with E-state index in [9.17, 15) is 0 Å². The van der Waals surface area contributed by atoms with Crippen molar-refractivity contribution in [3.8, 4) is 0 Å². The fourth-order valence-electron chi connectivity index (χ4n) is 0. The van der Waals surface area contributed by atoms with Gasteiger partial charge < -0.3 is 0 Å². The zero-order valence-corrected chi connectivity index (χ0v) is 13.5. The Morgan fingerprint density at radius 1 is 0.375 bits per heavy atom. The first-order valence-corrected chi connectivity index (χ1v) is 7.16. The lowest BCUT2D eigenvalue weighted by Gasteiger charge is -1.68. The van der Waals surface area contributed by atoms with E-state index < -0.39 is 0 Å². The van der Waals surface area contributed by atoms with Gasteiger partial charge in [-0.25, -0.2) is 0 Å². The smallest absolute Gasteiger partial charge is 0 e. The maximum atomic E-state index is 2.18. The lowest BCUT2D eigenvalue weighted by molar-refractivity contribution is 0.886. The van der Waals surface area contributed by atoms with E-state index in [0.29, 0.717) is 0 Å². The summed E-state index contributed by atoms with van der Waals surface area (Å²) in [7, 11) is 0. The molecule has 1 heteroatoms. The van der Waals surface area contributed by atoms with Crippen molar-refractivity contribution in [1.29, 1.82) is 0 Å². The van der Waals surface area contributed by atoms with Gasteiger partial charge in [0.2, 0.25) is 0 Å². The molecule has 101 valence electrons. The third-order valence-corrected chi connectivity index (χ3v) is 1.50. The first-order chi connectivity index (χ1) is 7.16. The quantitative estimate of drug-likeness (QED) is 0.487. The Labute approximate surface area is 109 Å². The molecule has 0 aliphatic carbocycles. The van der Waals surface area contributed by atoms with E-state index in [1.54, 1.807) is 0 Å². The first-order valence-electron chi connectivity index (χ1n) is 7.16. The van der Waals surface area contributed by atoms with Crippen LogP contribution in [0.4, 0.5) is 0 Å². The van der Waals surface area contributed by atoms with Crippen LogP contribution in [0.1, 0.15) is 100 Å². The third-order valence-electron chi connectivity index (χ3n) is 1.50. The molecule has 0 saturated heterocycles. The van der Waals surface area contributed by atoms with Crippen molar-refractivity contribution in [2.24, 2.45) is 0 Å². The van der Waals surface area contributed by atoms with E-state index in [0.717, 1.165) is 0 Å². The predicted octanol–water partition coefficient (Wildman–Crippen LogP) is 6.45. The summed E-state index contributed by atoms with van der Waals surface area (Å²) < 4.78 is 0. The lowest BCUT2D eigenvalue weighted by Crippen LogP contribution is -1.47. The molecular weight excluding hydrogens is 191 g/mol. The molecule has 0 aromatic heterocycles. The summed E-state index contributed by atoms with van der Waals surface area (Å²) in [6.45, 7) is 17.3. The molecular formula is C15H38B. The second-order valence-electron chi connectivity index (χ2n) is 3.71. The fourth-order valence-corrected chi connectivity index (χ4v) is 0. The Bertz CT molecular complexity index is 29.2. The molecule has 0 saturated carbocycles. The topological polar surface area (TPSA) is 0 Å². The van der Waals surface area contributed by atoms with Gasteiger partial charge in [-0.3, -0.25) is 0 Å². The van der Waals surface area contributed by atoms with Gasteiger partial charge in [0.15, 0.2) is 0 Å². The molecule has 3 radical (unpaired) electrons. The summed E-state index contributed by atoms with van der Waals surface area (Å²) in [6.07, 6.45) is 9.17. The second kappa shape index (κ2) is 59.7. The van der Waals surface area contributed by atoms with E-state index in [4.69, 9.17) is 0 Å². The first kappa shape index (κ1) is 29.8. The average molecular weight is 229 g/mol. The largest absolute Gasteiger partial charge is 0.0656 e. The Balaban J connectivity index is -0.0000000331. The van der Waals surface area contributed by atoms with Gasteiger partial charge >= 0.3 is 0 Å². The molecule has 0 aromatic rings. The molecule has 0 atom stereocenters. The van der Waals surface area contributed by atoms with E-state index in [2.05, 4.69) is 55.4 Å². The second-order valence-corrected chi connectivity index (χ2v) is 3.71. The van der Waals surface area contributed by atoms with Crippen LogP contribution < -0.4 is 0 Å². The van der Waals surface area contributed by atoms with E-state index in [1.165, 1.54) is 44.9 Å². The van der Waals surface area contributed by atoms with E-state index >= 15 is 0 Å². The van der Waals surface area contributed by atoms with Crippen molar-refractivity contribution in [2.45, 2.75) is 100 Å². The van der Waals surface area contributed by atoms with Crippen molar-refractivity contribution in [3.63, 3.8) is 0 Å². The number of unbranched alkanes of at least 4 members (excludes halogenated alkanes) is 3. The zero-order chi connectivity index (χ0) is 12.9. The van der Waals surface area contributed by atoms with Crippen molar-refractivity contribution in [3.05, 3.63) is 0 Å². The maximum Gasteiger partial charge on any atom is 0 e. The fraction of sp³-hybridized carbons (Fsp3) is 1.00. The molecule has 0 unspecified atom stereocenters. The molecule has 0 nitrogen and oxygen atoms in total. The molecule has 0 spiro atoms. The van der Waals surface area contributed by atoms with Gasteiger partial charge in [-0.05, 0) is 0 Å². The molecule has 16 heavy (non-hydrogen) atoms. The Kier molecular flexibility index (Phi) is 111. The van der Waals surface area contributed by atoms with Crippen LogP contribution in [-0.2, 0) is 0 Å². The molecule has 0 heterocycles. The van der Waals surface area contributed by atoms with Gasteiger partial charge in [0, 0.05) is 8.41 Å². The van der Waals surface area contributed by atoms with Crippen LogP contribution in [-0.4, -0.2) is 8.41 Å². The summed E-state index contributed by atoms with van der Waals surface area (Å²) in [6, 6.07) is 0. The monoisotopic (exact) mass is 229 g/mol. The van der Waals surface area contributed by atoms with Crippen LogP contribution in [0.15, 0.2) is 0 Å². The van der Waals surface area contributed by atoms with Crippen molar-refractivity contribution >= 4 is 8.41 Å². The van der Waals surface area contributed by atoms with Crippen LogP contribution in [0.5, 0.6) is 0 Å². The molecule has 0 rings (SSSR count). The molecule has 0 amide bonds. The Morgan fingerprint density at radius 3 is 0.438 bits per heavy atom. The van der Waals surface area contributed by atoms with Crippen molar-refractivity contribution < 1.29 is 0 Å². The molecule has 0 bridgehead atoms. The average Bonchev–Trinajstić information content (AvgIpc) is 2.30. The summed E-state index contributed by atoms with van der Waals surface area (Å²) in [5, 5.41) is 0. The van der Waals surface area contributed by atoms with Crippen LogP contribution in [0.25, 0.3) is 0 Å². The minimum absolute atomic E-state index is 0. The van der Waals surface area contributed by atoms with Crippen LogP contribution in [0.2, 0.25) is 0 Å². The van der Waals surface area contributed by atoms with Crippen molar-refractivity contribution in [2.75, 3.05) is 0 Å². The summed E-state index contributed by atoms with van der Waals surface area (Å²) in [5.41, 5.74) is 0. The van der Waals surface area contributed by atoms with Gasteiger partial charge in [-0.15, -0.1) is 0 Å². The highest BCUT2D eigenvalue weighted by atomic mass is 13.6. The zero-order valence-electron chi connectivity index (χ0n) is 13.5. The minimum atomic E-state index is 0. The normalized spacial score (nSPS) is 6.75. The summed E-state index contributed by atoms with van der Waals surface area (Å²) in [5.74, 6) is 0. The third kappa shape index (κ3) is 256. The van der Waals surface area contributed by atoms with Gasteiger partial charge in [-0.1, -0.05) is 100 Å². The highest BCUT2D eigenvalue weighted by Gasteiger charge is 1.57. The van der Waals surface area contributed by atoms with Crippen LogP contribution in [0.3, 0.4) is 0 Å². The van der Waals surface area contributed by atoms with Crippen LogP contribution >= 0.6 is 0 Å². The highest BCUT2D eigenvalue weighted by Crippen LogP contribution is 1.77. The summed E-state index contributed by atoms with van der Waals surface area (Å²) in [4.78, 5) is 0. The van der Waals surface area contributed by atoms with Crippen molar-refractivity contribution in [1.82, 2.24) is 0 Å². The minimum Gasteiger partial charge on any atom is -0.0656 e.